The summed E-state index contributed by atoms with van der Waals surface area (Å²) in [5, 5.41) is 1.89. The Kier molecular flexibility index (Phi) is 13.7. The van der Waals surface area contributed by atoms with Crippen molar-refractivity contribution in [3.05, 3.63) is 87.6 Å². The van der Waals surface area contributed by atoms with Crippen LogP contribution in [0.4, 0.5) is 9.59 Å². The first kappa shape index (κ1) is 46.0. The van der Waals surface area contributed by atoms with Crippen LogP contribution in [0.2, 0.25) is 0 Å². The van der Waals surface area contributed by atoms with Gasteiger partial charge in [0.1, 0.15) is 11.2 Å². The van der Waals surface area contributed by atoms with Gasteiger partial charge in [0.15, 0.2) is 0 Å². The molecule has 4 aromatic rings. The van der Waals surface area contributed by atoms with E-state index < -0.39 is 30.1 Å². The molecule has 1 fully saturated rings. The zero-order chi connectivity index (χ0) is 44.4. The van der Waals surface area contributed by atoms with Crippen molar-refractivity contribution in [2.75, 3.05) is 26.2 Å². The molecule has 0 aliphatic carbocycles. The molecule has 3 aliphatic rings. The van der Waals surface area contributed by atoms with Crippen LogP contribution in [0, 0.1) is 0 Å². The maximum atomic E-state index is 12.4. The summed E-state index contributed by atoms with van der Waals surface area (Å²) < 4.78 is 24.0. The van der Waals surface area contributed by atoms with Crippen LogP contribution < -0.4 is 11.5 Å². The summed E-state index contributed by atoms with van der Waals surface area (Å²) in [5.41, 5.74) is 14.4. The van der Waals surface area contributed by atoms with Crippen molar-refractivity contribution in [3.8, 4) is 0 Å². The van der Waals surface area contributed by atoms with E-state index in [0.29, 0.717) is 37.3 Å². The van der Waals surface area contributed by atoms with Gasteiger partial charge in [-0.2, -0.15) is 0 Å². The zero-order valence-corrected chi connectivity index (χ0v) is 37.9. The maximum absolute atomic E-state index is 12.4. The molecule has 322 valence electrons. The fourth-order valence-corrected chi connectivity index (χ4v) is 7.27. The molecule has 2 aromatic carbocycles. The Morgan fingerprint density at radius 1 is 0.700 bits per heavy atom. The number of hydrogen-bond acceptors (Lipinski definition) is 8. The number of rotatable bonds is 4. The van der Waals surface area contributed by atoms with Gasteiger partial charge in [0.25, 0.3) is 11.8 Å². The normalized spacial score (nSPS) is 17.5. The Bertz CT molecular complexity index is 2300. The number of nitrogens with one attached hydrogen (secondary N) is 2. The molecule has 5 heterocycles. The molecular weight excluding hydrogens is 831 g/mol. The minimum absolute atomic E-state index is 0.283. The number of halogens is 1. The average Bonchev–Trinajstić information content (AvgIpc) is 3.89. The lowest BCUT2D eigenvalue weighted by Gasteiger charge is -2.32. The van der Waals surface area contributed by atoms with E-state index >= 15 is 0 Å². The molecule has 60 heavy (non-hydrogen) atoms. The summed E-state index contributed by atoms with van der Waals surface area (Å²) in [6.45, 7) is 21.6. The molecule has 0 radical (unpaired) electrons. The highest BCUT2D eigenvalue weighted by Gasteiger charge is 2.52. The highest BCUT2D eigenvalue weighted by atomic mass is 79.9. The average molecular weight is 890 g/mol. The van der Waals surface area contributed by atoms with Crippen LogP contribution in [0.5, 0.6) is 0 Å². The maximum Gasteiger partial charge on any atom is 0.492 e. The van der Waals surface area contributed by atoms with Crippen molar-refractivity contribution in [3.63, 3.8) is 0 Å². The summed E-state index contributed by atoms with van der Waals surface area (Å²) >= 11 is 3.39. The number of hydrogen-bond donors (Lipinski definition) is 4. The van der Waals surface area contributed by atoms with Gasteiger partial charge in [-0.1, -0.05) is 34.1 Å². The lowest BCUT2D eigenvalue weighted by atomic mass is 9.76. The van der Waals surface area contributed by atoms with Gasteiger partial charge < -0.3 is 50.0 Å². The van der Waals surface area contributed by atoms with Gasteiger partial charge in [0.05, 0.1) is 33.4 Å². The quantitative estimate of drug-likeness (QED) is 0.146. The Labute approximate surface area is 360 Å². The summed E-state index contributed by atoms with van der Waals surface area (Å²) in [6.07, 6.45) is 8.77. The van der Waals surface area contributed by atoms with E-state index in [-0.39, 0.29) is 23.4 Å². The van der Waals surface area contributed by atoms with Crippen molar-refractivity contribution in [1.29, 1.82) is 0 Å². The third-order valence-electron chi connectivity index (χ3n) is 10.5. The first-order valence-corrected chi connectivity index (χ1v) is 20.8. The SMILES string of the molecule is CC(C)(C)OC(=O)N1CCC=C(B2OC(C)(C)C(C)(C)O2)C1.CC(C)(C)OC(=O)N1CCC=C(c2ccc(C(N)=O)c3[nH]ccc23)C1.NC(=O)c1ccc(Br)c2cc[nH]c12. The lowest BCUT2D eigenvalue weighted by molar-refractivity contribution is 0.00578. The van der Waals surface area contributed by atoms with Crippen molar-refractivity contribution >= 4 is 74.4 Å². The van der Waals surface area contributed by atoms with Crippen molar-refractivity contribution < 1.29 is 38.0 Å². The number of amides is 4. The number of aromatic amines is 2. The van der Waals surface area contributed by atoms with Crippen LogP contribution in [0.15, 0.2) is 70.9 Å². The van der Waals surface area contributed by atoms with Crippen LogP contribution in [0.25, 0.3) is 27.4 Å². The second-order valence-corrected chi connectivity index (χ2v) is 18.8. The van der Waals surface area contributed by atoms with Gasteiger partial charge >= 0.3 is 19.3 Å². The fraction of sp³-hybridized carbons (Fsp3) is 0.455. The number of fused-ring (bicyclic) bond motifs is 2. The molecule has 2 aromatic heterocycles. The van der Waals surface area contributed by atoms with Crippen molar-refractivity contribution in [2.24, 2.45) is 11.5 Å². The van der Waals surface area contributed by atoms with E-state index in [2.05, 4.69) is 38.0 Å². The molecule has 14 nitrogen and oxygen atoms in total. The lowest BCUT2D eigenvalue weighted by Crippen LogP contribution is -2.42. The molecule has 3 aliphatic heterocycles. The van der Waals surface area contributed by atoms with Crippen LogP contribution in [-0.4, -0.2) is 99.5 Å². The third kappa shape index (κ3) is 11.0. The topological polar surface area (TPSA) is 195 Å². The molecule has 6 N–H and O–H groups in total. The van der Waals surface area contributed by atoms with Crippen LogP contribution >= 0.6 is 15.9 Å². The second-order valence-electron chi connectivity index (χ2n) is 18.0. The van der Waals surface area contributed by atoms with Gasteiger partial charge in [-0.15, -0.1) is 0 Å². The van der Waals surface area contributed by atoms with Crippen LogP contribution in [0.1, 0.15) is 108 Å². The second kappa shape index (κ2) is 17.9. The van der Waals surface area contributed by atoms with Gasteiger partial charge in [0, 0.05) is 53.8 Å². The zero-order valence-electron chi connectivity index (χ0n) is 36.3. The Morgan fingerprint density at radius 2 is 1.17 bits per heavy atom. The summed E-state index contributed by atoms with van der Waals surface area (Å²) in [5.74, 6) is -0.882. The van der Waals surface area contributed by atoms with Crippen molar-refractivity contribution in [2.45, 2.75) is 104 Å². The summed E-state index contributed by atoms with van der Waals surface area (Å²) in [6, 6.07) is 10.9. The number of carbonyl (C=O) groups is 4. The molecule has 4 amide bonds. The van der Waals surface area contributed by atoms with Gasteiger partial charge in [-0.05, 0) is 129 Å². The molecular formula is C44H58BBrN6O8. The number of nitrogens with two attached hydrogens (primary N) is 2. The monoisotopic (exact) mass is 888 g/mol. The molecule has 1 saturated heterocycles. The number of H-pyrrole nitrogens is 2. The van der Waals surface area contributed by atoms with E-state index in [1.165, 1.54) is 0 Å². The molecule has 0 spiro atoms. The third-order valence-corrected chi connectivity index (χ3v) is 11.2. The number of aromatic nitrogens is 2. The minimum atomic E-state index is -0.518. The largest absolute Gasteiger partial charge is 0.492 e. The molecule has 0 saturated carbocycles. The summed E-state index contributed by atoms with van der Waals surface area (Å²) in [4.78, 5) is 56.7. The minimum Gasteiger partial charge on any atom is -0.444 e. The molecule has 0 atom stereocenters. The van der Waals surface area contributed by atoms with E-state index in [1.54, 1.807) is 34.3 Å². The van der Waals surface area contributed by atoms with Crippen molar-refractivity contribution in [1.82, 2.24) is 19.8 Å². The van der Waals surface area contributed by atoms with Gasteiger partial charge in [-0.3, -0.25) is 9.59 Å². The number of carbonyl (C=O) groups excluding carboxylic acids is 4. The van der Waals surface area contributed by atoms with E-state index in [9.17, 15) is 19.2 Å². The molecule has 16 heteroatoms. The smallest absolute Gasteiger partial charge is 0.444 e. The Balaban J connectivity index is 0.000000179. The van der Waals surface area contributed by atoms with E-state index in [4.69, 9.17) is 30.2 Å². The van der Waals surface area contributed by atoms with Gasteiger partial charge in [-0.25, -0.2) is 9.59 Å². The highest BCUT2D eigenvalue weighted by Crippen LogP contribution is 2.39. The highest BCUT2D eigenvalue weighted by molar-refractivity contribution is 9.10. The first-order chi connectivity index (χ1) is 27.9. The number of benzene rings is 2. The number of ether oxygens (including phenoxy) is 2. The standard InChI is InChI=1S/C19H23N3O3.C16H28BNO4.C9H7BrN2O/c1-19(2,3)25-18(24)22-10-4-5-12(11-22)13-6-7-15(17(20)23)16-14(13)8-9-21-16;1-14(2,3)20-13(19)18-10-8-9-12(11-18)17-21-15(4,5)16(6,7)22-17;10-7-2-1-6(9(11)13)8-5(7)3-4-12-8/h5-9,21H,4,10-11H2,1-3H3,(H2,20,23);9H,8,10-11H2,1-7H3;1-4,12H,(H2,11,13). The first-order valence-electron chi connectivity index (χ1n) is 20.0. The predicted molar refractivity (Wildman–Crippen MR) is 238 cm³/mol. The van der Waals surface area contributed by atoms with E-state index in [0.717, 1.165) is 55.7 Å². The molecule has 0 bridgehead atoms. The van der Waals surface area contributed by atoms with Gasteiger partial charge in [0.2, 0.25) is 0 Å². The van der Waals surface area contributed by atoms with Crippen LogP contribution in [-0.2, 0) is 18.8 Å². The Hall–Kier alpha value is -5.06. The van der Waals surface area contributed by atoms with E-state index in [1.807, 2.05) is 93.5 Å². The van der Waals surface area contributed by atoms with Crippen LogP contribution in [0.3, 0.4) is 0 Å². The fourth-order valence-electron chi connectivity index (χ4n) is 6.81. The molecule has 0 unspecified atom stereocenters. The number of primary amides is 2. The summed E-state index contributed by atoms with van der Waals surface area (Å²) in [7, 11) is -0.393. The number of nitrogens with zero attached hydrogens (tertiary/aromatic N) is 2. The predicted octanol–water partition coefficient (Wildman–Crippen LogP) is 8.51. The Morgan fingerprint density at radius 3 is 1.68 bits per heavy atom. The molecule has 7 rings (SSSR count).